The van der Waals surface area contributed by atoms with Gasteiger partial charge in [-0.1, -0.05) is 11.6 Å². The molecule has 0 radical (unpaired) electrons. The number of pyridine rings is 1. The zero-order valence-corrected chi connectivity index (χ0v) is 30.0. The molecule has 1 saturated carbocycles. The molecule has 0 saturated heterocycles. The number of anilines is 1. The minimum absolute atomic E-state index is 0.0558. The van der Waals surface area contributed by atoms with Gasteiger partial charge in [-0.2, -0.15) is 5.09 Å². The highest BCUT2D eigenvalue weighted by Crippen LogP contribution is 2.45. The van der Waals surface area contributed by atoms with Gasteiger partial charge in [0.2, 0.25) is 0 Å². The van der Waals surface area contributed by atoms with Gasteiger partial charge in [0.05, 0.1) is 41.6 Å². The van der Waals surface area contributed by atoms with E-state index in [2.05, 4.69) is 20.7 Å². The summed E-state index contributed by atoms with van der Waals surface area (Å²) in [4.78, 5) is 54.4. The van der Waals surface area contributed by atoms with Gasteiger partial charge in [0.25, 0.3) is 0 Å². The second-order valence-electron chi connectivity index (χ2n) is 11.9. The van der Waals surface area contributed by atoms with Crippen molar-refractivity contribution in [2.24, 2.45) is 5.73 Å². The zero-order chi connectivity index (χ0) is 36.6. The number of rotatable bonds is 17. The molecule has 1 aromatic heterocycles. The van der Waals surface area contributed by atoms with E-state index in [1.165, 1.54) is 21.0 Å². The molecule has 1 aliphatic carbocycles. The number of esters is 1. The number of carbonyl (C=O) groups excluding carboxylic acids is 4. The summed E-state index contributed by atoms with van der Waals surface area (Å²) in [6, 6.07) is 7.24. The van der Waals surface area contributed by atoms with Crippen molar-refractivity contribution in [3.05, 3.63) is 53.2 Å². The predicted octanol–water partition coefficient (Wildman–Crippen LogP) is 5.88. The number of urea groups is 1. The van der Waals surface area contributed by atoms with Crippen LogP contribution in [-0.4, -0.2) is 66.7 Å². The molecule has 3 atom stereocenters. The summed E-state index contributed by atoms with van der Waals surface area (Å²) in [7, 11) is -2.97. The quantitative estimate of drug-likeness (QED) is 0.0554. The summed E-state index contributed by atoms with van der Waals surface area (Å²) in [5.41, 5.74) is 6.70. The Labute approximate surface area is 294 Å². The molecular weight excluding hydrogens is 693 g/mol. The maximum atomic E-state index is 13.4. The molecule has 270 valence electrons. The van der Waals surface area contributed by atoms with Crippen LogP contribution in [0.2, 0.25) is 5.02 Å². The number of amides is 2. The lowest BCUT2D eigenvalue weighted by Gasteiger charge is -2.23. The Morgan fingerprint density at radius 1 is 1.04 bits per heavy atom. The maximum absolute atomic E-state index is 13.4. The van der Waals surface area contributed by atoms with E-state index in [0.29, 0.717) is 28.1 Å². The van der Waals surface area contributed by atoms with Crippen molar-refractivity contribution in [2.75, 3.05) is 19.0 Å². The van der Waals surface area contributed by atoms with Crippen LogP contribution in [0.15, 0.2) is 42.6 Å². The number of benzene rings is 2. The molecular formula is C33H41ClN5O10P. The van der Waals surface area contributed by atoms with Crippen LogP contribution < -0.4 is 30.9 Å². The van der Waals surface area contributed by atoms with E-state index in [1.807, 2.05) is 0 Å². The van der Waals surface area contributed by atoms with E-state index >= 15 is 0 Å². The summed E-state index contributed by atoms with van der Waals surface area (Å²) < 4.78 is 40.6. The van der Waals surface area contributed by atoms with Gasteiger partial charge >= 0.3 is 25.7 Å². The van der Waals surface area contributed by atoms with Gasteiger partial charge in [0, 0.05) is 36.2 Å². The normalized spacial score (nSPS) is 15.0. The number of hydrogen-bond acceptors (Lipinski definition) is 12. The molecule has 1 heterocycles. The average Bonchev–Trinajstić information content (AvgIpc) is 3.87. The van der Waals surface area contributed by atoms with Crippen molar-refractivity contribution in [1.29, 1.82) is 0 Å². The van der Waals surface area contributed by atoms with Crippen molar-refractivity contribution in [2.45, 2.75) is 77.6 Å². The third kappa shape index (κ3) is 10.9. The zero-order valence-electron chi connectivity index (χ0n) is 28.3. The number of fused-ring (bicyclic) bond motifs is 1. The molecule has 0 aliphatic heterocycles. The Morgan fingerprint density at radius 2 is 1.78 bits per heavy atom. The van der Waals surface area contributed by atoms with Crippen LogP contribution in [0.25, 0.3) is 10.9 Å². The lowest BCUT2D eigenvalue weighted by molar-refractivity contribution is -0.149. The van der Waals surface area contributed by atoms with Crippen molar-refractivity contribution >= 4 is 59.7 Å². The smallest absolute Gasteiger partial charge is 0.461 e. The van der Waals surface area contributed by atoms with Crippen molar-refractivity contribution in [1.82, 2.24) is 15.4 Å². The van der Waals surface area contributed by atoms with Crippen molar-refractivity contribution in [3.63, 3.8) is 0 Å². The molecule has 2 unspecified atom stereocenters. The Hall–Kier alpha value is -4.27. The van der Waals surface area contributed by atoms with Gasteiger partial charge in [0.15, 0.2) is 5.78 Å². The number of aromatic nitrogens is 1. The third-order valence-corrected chi connectivity index (χ3v) is 9.06. The van der Waals surface area contributed by atoms with Crippen LogP contribution in [0.4, 0.5) is 10.5 Å². The monoisotopic (exact) mass is 733 g/mol. The second-order valence-corrected chi connectivity index (χ2v) is 14.0. The highest BCUT2D eigenvalue weighted by molar-refractivity contribution is 7.52. The first-order valence-corrected chi connectivity index (χ1v) is 17.9. The standard InChI is InChI=1S/C33H41ClN5O10P/c1-18(2)47-32(42)20(4)39-50(44,49-31(41)19(3)35)46-14-6-7-28(40)24-16-23-27(17-30(24)45-5)36-13-12-29(23)48-22-10-11-26(25(34)15-22)38-33(43)37-21-8-9-21/h10-13,15-21H,6-9,14,35H2,1-5H3,(H,39,44)(H2,37,38,43)/t19?,20-,50?/m0/s1. The molecule has 2 aromatic carbocycles. The number of nitrogens with zero attached hydrogens (tertiary/aromatic N) is 1. The van der Waals surface area contributed by atoms with E-state index in [0.717, 1.165) is 12.8 Å². The molecule has 5 N–H and O–H groups in total. The average molecular weight is 734 g/mol. The topological polar surface area (TPSA) is 206 Å². The summed E-state index contributed by atoms with van der Waals surface area (Å²) in [5, 5.41) is 8.73. The second kappa shape index (κ2) is 17.1. The Morgan fingerprint density at radius 3 is 2.42 bits per heavy atom. The minimum Gasteiger partial charge on any atom is -0.496 e. The molecule has 4 rings (SSSR count). The van der Waals surface area contributed by atoms with Gasteiger partial charge in [0.1, 0.15) is 29.3 Å². The fourth-order valence-corrected chi connectivity index (χ4v) is 6.20. The summed E-state index contributed by atoms with van der Waals surface area (Å²) >= 11 is 6.42. The Kier molecular flexibility index (Phi) is 13.2. The fraction of sp³-hybridized carbons (Fsp3) is 0.424. The molecule has 0 spiro atoms. The number of methoxy groups -OCH3 is 1. The fourth-order valence-electron chi connectivity index (χ4n) is 4.45. The molecule has 3 aromatic rings. The number of halogens is 1. The van der Waals surface area contributed by atoms with Crippen molar-refractivity contribution in [3.8, 4) is 17.2 Å². The first-order valence-electron chi connectivity index (χ1n) is 15.9. The lowest BCUT2D eigenvalue weighted by atomic mass is 10.0. The van der Waals surface area contributed by atoms with Crippen LogP contribution in [0.1, 0.15) is 63.7 Å². The van der Waals surface area contributed by atoms with Crippen LogP contribution in [0.5, 0.6) is 17.2 Å². The molecule has 50 heavy (non-hydrogen) atoms. The first kappa shape index (κ1) is 38.5. The molecule has 0 bridgehead atoms. The number of hydrogen-bond donors (Lipinski definition) is 4. The van der Waals surface area contributed by atoms with Crippen LogP contribution in [0, 0.1) is 0 Å². The van der Waals surface area contributed by atoms with Gasteiger partial charge in [-0.05, 0) is 71.2 Å². The van der Waals surface area contributed by atoms with E-state index in [1.54, 1.807) is 56.4 Å². The van der Waals surface area contributed by atoms with E-state index in [4.69, 9.17) is 40.6 Å². The predicted molar refractivity (Wildman–Crippen MR) is 186 cm³/mol. The van der Waals surface area contributed by atoms with Gasteiger partial charge < -0.3 is 35.1 Å². The van der Waals surface area contributed by atoms with Gasteiger partial charge in [-0.25, -0.2) is 9.36 Å². The minimum atomic E-state index is -4.39. The largest absolute Gasteiger partial charge is 0.496 e. The van der Waals surface area contributed by atoms with E-state index < -0.39 is 37.9 Å². The Balaban J connectivity index is 1.45. The summed E-state index contributed by atoms with van der Waals surface area (Å²) in [5.74, 6) is -1.05. The third-order valence-electron chi connectivity index (χ3n) is 7.10. The summed E-state index contributed by atoms with van der Waals surface area (Å²) in [6.45, 7) is 5.73. The highest BCUT2D eigenvalue weighted by Gasteiger charge is 2.35. The highest BCUT2D eigenvalue weighted by atomic mass is 35.5. The van der Waals surface area contributed by atoms with Crippen LogP contribution in [-0.2, 0) is 27.9 Å². The molecule has 17 heteroatoms. The van der Waals surface area contributed by atoms with Gasteiger partial charge in [-0.3, -0.25) is 23.9 Å². The summed E-state index contributed by atoms with van der Waals surface area (Å²) in [6.07, 6.45) is 2.99. The van der Waals surface area contributed by atoms with Crippen LogP contribution >= 0.6 is 19.3 Å². The van der Waals surface area contributed by atoms with Crippen LogP contribution in [0.3, 0.4) is 0 Å². The SMILES string of the molecule is COc1cc2nccc(Oc3ccc(NC(=O)NC4CC4)c(Cl)c3)c2cc1C(=O)CCCOP(=O)(N[C@@H](C)C(=O)OC(C)C)OC(=O)C(C)N. The lowest BCUT2D eigenvalue weighted by Crippen LogP contribution is -2.37. The Bertz CT molecular complexity index is 1790. The number of Topliss-reactive ketones (excluding diaryl/α,β-unsaturated/α-hetero) is 1. The van der Waals surface area contributed by atoms with Gasteiger partial charge in [-0.15, -0.1) is 0 Å². The number of ketones is 1. The number of nitrogens with two attached hydrogens (primary N) is 1. The van der Waals surface area contributed by atoms with E-state index in [9.17, 15) is 23.7 Å². The molecule has 15 nitrogen and oxygen atoms in total. The first-order chi connectivity index (χ1) is 23.7. The molecule has 2 amide bonds. The maximum Gasteiger partial charge on any atom is 0.461 e. The molecule has 1 aliphatic rings. The number of carbonyl (C=O) groups is 4. The van der Waals surface area contributed by atoms with E-state index in [-0.39, 0.29) is 53.6 Å². The number of ether oxygens (including phenoxy) is 3. The van der Waals surface area contributed by atoms with Crippen molar-refractivity contribution < 1.29 is 47.0 Å². The number of nitrogens with one attached hydrogen (secondary N) is 3. The molecule has 1 fully saturated rings.